The Bertz CT molecular complexity index is 1590. The van der Waals surface area contributed by atoms with Gasteiger partial charge in [0.2, 0.25) is 0 Å². The normalized spacial score (nSPS) is 12.1. The molecule has 1 amide bonds. The summed E-state index contributed by atoms with van der Waals surface area (Å²) in [6, 6.07) is 11.5. The number of benzene rings is 2. The molecule has 38 heavy (non-hydrogen) atoms. The van der Waals surface area contributed by atoms with Crippen LogP contribution in [0.25, 0.3) is 16.7 Å². The minimum atomic E-state index is -4.60. The van der Waals surface area contributed by atoms with Crippen molar-refractivity contribution in [3.63, 3.8) is 0 Å². The second-order valence-corrected chi connectivity index (χ2v) is 10.4. The number of fused-ring (bicyclic) bond motifs is 1. The first-order valence-corrected chi connectivity index (χ1v) is 13.2. The van der Waals surface area contributed by atoms with Crippen molar-refractivity contribution in [1.82, 2.24) is 19.3 Å². The zero-order valence-electron chi connectivity index (χ0n) is 20.2. The highest BCUT2D eigenvalue weighted by molar-refractivity contribution is 7.90. The standard InChI is InChI=1S/C25H22ClF3N4O4S/c1-3-23-31-21-12-19(25(27,28)29)20(26)13-22(21)33(23)17-7-6-16(30-14-17)10-11-37-24(34)32-38(35,36)18-8-4-15(2)5-9-18/h4-9,12-14H,3,10-11H2,1-2H3,(H,32,34). The Morgan fingerprint density at radius 1 is 1.13 bits per heavy atom. The van der Waals surface area contributed by atoms with E-state index in [4.69, 9.17) is 16.3 Å². The van der Waals surface area contributed by atoms with Gasteiger partial charge in [-0.1, -0.05) is 36.2 Å². The molecule has 0 aliphatic carbocycles. The van der Waals surface area contributed by atoms with E-state index in [0.717, 1.165) is 11.6 Å². The van der Waals surface area contributed by atoms with Gasteiger partial charge in [-0.25, -0.2) is 22.9 Å². The van der Waals surface area contributed by atoms with Gasteiger partial charge in [-0.15, -0.1) is 0 Å². The molecule has 0 bridgehead atoms. The summed E-state index contributed by atoms with van der Waals surface area (Å²) < 4.78 is 72.9. The molecule has 4 aromatic rings. The summed E-state index contributed by atoms with van der Waals surface area (Å²) in [5, 5.41) is -0.432. The van der Waals surface area contributed by atoms with Crippen molar-refractivity contribution in [3.05, 3.63) is 82.4 Å². The second-order valence-electron chi connectivity index (χ2n) is 8.35. The third-order valence-electron chi connectivity index (χ3n) is 5.64. The number of imidazole rings is 1. The fourth-order valence-electron chi connectivity index (χ4n) is 3.75. The minimum absolute atomic E-state index is 0.0632. The lowest BCUT2D eigenvalue weighted by Gasteiger charge is -2.11. The van der Waals surface area contributed by atoms with Gasteiger partial charge < -0.3 is 4.74 Å². The molecule has 200 valence electrons. The lowest BCUT2D eigenvalue weighted by Crippen LogP contribution is -2.31. The molecular weight excluding hydrogens is 545 g/mol. The van der Waals surface area contributed by atoms with Crippen molar-refractivity contribution in [2.75, 3.05) is 6.61 Å². The van der Waals surface area contributed by atoms with Crippen LogP contribution in [-0.2, 0) is 33.8 Å². The van der Waals surface area contributed by atoms with E-state index in [2.05, 4.69) is 9.97 Å². The van der Waals surface area contributed by atoms with Crippen LogP contribution in [-0.4, -0.2) is 35.7 Å². The average Bonchev–Trinajstić information content (AvgIpc) is 3.20. The molecule has 0 aliphatic rings. The van der Waals surface area contributed by atoms with Crippen LogP contribution in [0.15, 0.2) is 59.6 Å². The maximum atomic E-state index is 13.3. The van der Waals surface area contributed by atoms with Gasteiger partial charge in [-0.3, -0.25) is 9.55 Å². The molecule has 0 saturated carbocycles. The Morgan fingerprint density at radius 2 is 1.84 bits per heavy atom. The number of rotatable bonds is 7. The number of ether oxygens (including phenoxy) is 1. The molecule has 0 radical (unpaired) electrons. The van der Waals surface area contributed by atoms with Gasteiger partial charge in [0.25, 0.3) is 10.0 Å². The Morgan fingerprint density at radius 3 is 2.45 bits per heavy atom. The Balaban J connectivity index is 1.44. The second kappa shape index (κ2) is 10.6. The zero-order chi connectivity index (χ0) is 27.7. The molecule has 0 aliphatic heterocycles. The van der Waals surface area contributed by atoms with Crippen molar-refractivity contribution < 1.29 is 31.1 Å². The summed E-state index contributed by atoms with van der Waals surface area (Å²) in [6.45, 7) is 3.50. The van der Waals surface area contributed by atoms with Crippen molar-refractivity contribution in [3.8, 4) is 5.69 Å². The number of amides is 1. The zero-order valence-corrected chi connectivity index (χ0v) is 21.8. The SMILES string of the molecule is CCc1nc2cc(C(F)(F)F)c(Cl)cc2n1-c1ccc(CCOC(=O)NS(=O)(=O)c2ccc(C)cc2)nc1. The monoisotopic (exact) mass is 566 g/mol. The lowest BCUT2D eigenvalue weighted by atomic mass is 10.2. The fourth-order valence-corrected chi connectivity index (χ4v) is 4.91. The number of carbonyl (C=O) groups excluding carboxylic acids is 1. The van der Waals surface area contributed by atoms with Crippen molar-refractivity contribution in [1.29, 1.82) is 0 Å². The van der Waals surface area contributed by atoms with E-state index in [1.165, 1.54) is 24.4 Å². The van der Waals surface area contributed by atoms with E-state index in [-0.39, 0.29) is 23.4 Å². The molecule has 0 atom stereocenters. The number of aromatic nitrogens is 3. The molecule has 0 spiro atoms. The number of nitrogens with zero attached hydrogens (tertiary/aromatic N) is 3. The summed E-state index contributed by atoms with van der Waals surface area (Å²) in [5.41, 5.74) is 1.58. The van der Waals surface area contributed by atoms with Crippen LogP contribution in [0, 0.1) is 6.92 Å². The molecule has 8 nitrogen and oxygen atoms in total. The summed E-state index contributed by atoms with van der Waals surface area (Å²) in [7, 11) is -4.06. The van der Waals surface area contributed by atoms with Gasteiger partial charge in [-0.05, 0) is 43.3 Å². The van der Waals surface area contributed by atoms with E-state index < -0.39 is 32.9 Å². The molecule has 0 unspecified atom stereocenters. The number of halogens is 4. The largest absolute Gasteiger partial charge is 0.448 e. The van der Waals surface area contributed by atoms with Crippen molar-refractivity contribution in [2.24, 2.45) is 0 Å². The number of sulfonamides is 1. The summed E-state index contributed by atoms with van der Waals surface area (Å²) >= 11 is 5.93. The molecule has 2 heterocycles. The van der Waals surface area contributed by atoms with Crippen LogP contribution in [0.1, 0.15) is 29.6 Å². The molecule has 13 heteroatoms. The first kappa shape index (κ1) is 27.4. The quantitative estimate of drug-likeness (QED) is 0.311. The first-order valence-electron chi connectivity index (χ1n) is 11.4. The highest BCUT2D eigenvalue weighted by atomic mass is 35.5. The summed E-state index contributed by atoms with van der Waals surface area (Å²) in [5.74, 6) is 0.528. The maximum absolute atomic E-state index is 13.3. The van der Waals surface area contributed by atoms with Crippen molar-refractivity contribution >= 4 is 38.8 Å². The molecule has 4 rings (SSSR count). The van der Waals surface area contributed by atoms with Gasteiger partial charge in [0.15, 0.2) is 0 Å². The predicted molar refractivity (Wildman–Crippen MR) is 135 cm³/mol. The van der Waals surface area contributed by atoms with Crippen LogP contribution >= 0.6 is 11.6 Å². The van der Waals surface area contributed by atoms with Crippen LogP contribution < -0.4 is 4.72 Å². The minimum Gasteiger partial charge on any atom is -0.448 e. The van der Waals surface area contributed by atoms with E-state index in [1.807, 2.05) is 18.6 Å². The van der Waals surface area contributed by atoms with Crippen LogP contribution in [0.5, 0.6) is 0 Å². The molecule has 1 N–H and O–H groups in total. The third-order valence-corrected chi connectivity index (χ3v) is 7.28. The Kier molecular flexibility index (Phi) is 7.65. The molecule has 0 saturated heterocycles. The maximum Gasteiger partial charge on any atom is 0.421 e. The van der Waals surface area contributed by atoms with Gasteiger partial charge in [-0.2, -0.15) is 13.2 Å². The number of aryl methyl sites for hydroxylation is 2. The van der Waals surface area contributed by atoms with Gasteiger partial charge in [0.1, 0.15) is 5.82 Å². The van der Waals surface area contributed by atoms with Crippen LogP contribution in [0.3, 0.4) is 0 Å². The highest BCUT2D eigenvalue weighted by Crippen LogP contribution is 2.37. The average molecular weight is 567 g/mol. The summed E-state index contributed by atoms with van der Waals surface area (Å²) in [4.78, 5) is 20.6. The molecule has 0 fully saturated rings. The number of hydrogen-bond donors (Lipinski definition) is 1. The van der Waals surface area contributed by atoms with Crippen LogP contribution in [0.2, 0.25) is 5.02 Å². The lowest BCUT2D eigenvalue weighted by molar-refractivity contribution is -0.137. The van der Waals surface area contributed by atoms with Gasteiger partial charge in [0.05, 0.1) is 45.0 Å². The molecular formula is C25H22ClF3N4O4S. The van der Waals surface area contributed by atoms with Crippen LogP contribution in [0.4, 0.5) is 18.0 Å². The topological polar surface area (TPSA) is 103 Å². The molecule has 2 aromatic heterocycles. The smallest absolute Gasteiger partial charge is 0.421 e. The highest BCUT2D eigenvalue weighted by Gasteiger charge is 2.34. The summed E-state index contributed by atoms with van der Waals surface area (Å²) in [6.07, 6.45) is -3.55. The van der Waals surface area contributed by atoms with Gasteiger partial charge in [0, 0.05) is 18.5 Å². The van der Waals surface area contributed by atoms with E-state index >= 15 is 0 Å². The number of hydrogen-bond acceptors (Lipinski definition) is 6. The number of nitrogens with one attached hydrogen (secondary N) is 1. The predicted octanol–water partition coefficient (Wildman–Crippen LogP) is 5.62. The fraction of sp³-hybridized carbons (Fsp3) is 0.240. The van der Waals surface area contributed by atoms with E-state index in [0.29, 0.717) is 29.1 Å². The number of alkyl halides is 3. The first-order chi connectivity index (χ1) is 17.9. The molecule has 2 aromatic carbocycles. The Hall–Kier alpha value is -3.64. The third kappa shape index (κ3) is 5.91. The van der Waals surface area contributed by atoms with Gasteiger partial charge >= 0.3 is 12.3 Å². The van der Waals surface area contributed by atoms with Crippen molar-refractivity contribution in [2.45, 2.75) is 37.8 Å². The Labute approximate surface area is 221 Å². The van der Waals surface area contributed by atoms with E-state index in [9.17, 15) is 26.4 Å². The van der Waals surface area contributed by atoms with E-state index in [1.54, 1.807) is 28.8 Å². The number of pyridine rings is 1. The number of carbonyl (C=O) groups is 1.